The highest BCUT2D eigenvalue weighted by molar-refractivity contribution is 5.92. The van der Waals surface area contributed by atoms with E-state index in [2.05, 4.69) is 5.32 Å². The molecule has 1 fully saturated rings. The summed E-state index contributed by atoms with van der Waals surface area (Å²) in [5.41, 5.74) is 1.12. The molecule has 10 heteroatoms. The van der Waals surface area contributed by atoms with Gasteiger partial charge in [-0.1, -0.05) is 88.4 Å². The molecule has 0 bridgehead atoms. The van der Waals surface area contributed by atoms with Gasteiger partial charge in [-0.15, -0.1) is 0 Å². The first-order chi connectivity index (χ1) is 19.9. The van der Waals surface area contributed by atoms with Crippen molar-refractivity contribution in [3.63, 3.8) is 0 Å². The van der Waals surface area contributed by atoms with Crippen molar-refractivity contribution >= 4 is 29.7 Å². The molecule has 1 heterocycles. The summed E-state index contributed by atoms with van der Waals surface area (Å²) in [5, 5.41) is 2.69. The number of hydrogen-bond donors (Lipinski definition) is 1. The Labute approximate surface area is 246 Å². The number of cyclic esters (lactones) is 3. The molecule has 0 spiro atoms. The standard InChI is InChI=1S/C32H40N2O8/c1-19(2)28-32(39)41-25(23-15-11-8-12-16-23)18-26(35)40-24(22-13-9-7-10-14-22)17-27(36)42-29(20(3)4)31(38)34(6)21(5)30(37)33-28/h7-16,19-21,24-25,28-29H,17-18H2,1-6H3,(H,33,37)/t21-,24-,25-,28-,29-/m0/s1. The molecule has 5 atom stereocenters. The molecular formula is C32H40N2O8. The van der Waals surface area contributed by atoms with Gasteiger partial charge in [0.15, 0.2) is 6.10 Å². The van der Waals surface area contributed by atoms with Crippen LogP contribution in [0.1, 0.15) is 70.8 Å². The maximum atomic E-state index is 13.4. The molecule has 1 N–H and O–H groups in total. The highest BCUT2D eigenvalue weighted by Crippen LogP contribution is 2.28. The number of carbonyl (C=O) groups excluding carboxylic acids is 5. The van der Waals surface area contributed by atoms with E-state index in [1.165, 1.54) is 18.9 Å². The summed E-state index contributed by atoms with van der Waals surface area (Å²) in [6.07, 6.45) is -3.90. The fourth-order valence-corrected chi connectivity index (χ4v) is 4.51. The Hall–Kier alpha value is -4.21. The lowest BCUT2D eigenvalue weighted by Crippen LogP contribution is -2.55. The van der Waals surface area contributed by atoms with Gasteiger partial charge in [0.1, 0.15) is 24.3 Å². The first-order valence-corrected chi connectivity index (χ1v) is 14.1. The largest absolute Gasteiger partial charge is 0.457 e. The van der Waals surface area contributed by atoms with Crippen molar-refractivity contribution in [3.05, 3.63) is 71.8 Å². The lowest BCUT2D eigenvalue weighted by atomic mass is 10.0. The van der Waals surface area contributed by atoms with Crippen molar-refractivity contribution in [1.29, 1.82) is 0 Å². The van der Waals surface area contributed by atoms with E-state index in [0.717, 1.165) is 0 Å². The lowest BCUT2D eigenvalue weighted by molar-refractivity contribution is -0.168. The Bertz CT molecular complexity index is 1250. The summed E-state index contributed by atoms with van der Waals surface area (Å²) in [5.74, 6) is -4.13. The van der Waals surface area contributed by atoms with Crippen LogP contribution in [-0.4, -0.2) is 59.9 Å². The molecule has 2 amide bonds. The normalized spacial score (nSPS) is 25.4. The Balaban J connectivity index is 2.04. The van der Waals surface area contributed by atoms with E-state index in [4.69, 9.17) is 14.2 Å². The van der Waals surface area contributed by atoms with Crippen molar-refractivity contribution in [2.45, 2.75) is 77.9 Å². The molecule has 0 radical (unpaired) electrons. The Morgan fingerprint density at radius 1 is 0.714 bits per heavy atom. The summed E-state index contributed by atoms with van der Waals surface area (Å²) in [6, 6.07) is 15.4. The smallest absolute Gasteiger partial charge is 0.329 e. The van der Waals surface area contributed by atoms with Gasteiger partial charge in [-0.2, -0.15) is 0 Å². The van der Waals surface area contributed by atoms with Crippen LogP contribution in [0.3, 0.4) is 0 Å². The third kappa shape index (κ3) is 8.41. The van der Waals surface area contributed by atoms with Crippen LogP contribution in [-0.2, 0) is 38.2 Å². The van der Waals surface area contributed by atoms with E-state index in [1.807, 2.05) is 0 Å². The number of benzene rings is 2. The zero-order chi connectivity index (χ0) is 31.0. The molecule has 226 valence electrons. The zero-order valence-electron chi connectivity index (χ0n) is 24.9. The molecule has 3 rings (SSSR count). The van der Waals surface area contributed by atoms with E-state index >= 15 is 0 Å². The summed E-state index contributed by atoms with van der Waals surface area (Å²) in [7, 11) is 1.44. The van der Waals surface area contributed by atoms with Crippen LogP contribution in [0.4, 0.5) is 0 Å². The maximum absolute atomic E-state index is 13.4. The summed E-state index contributed by atoms with van der Waals surface area (Å²) < 4.78 is 17.2. The van der Waals surface area contributed by atoms with Crippen molar-refractivity contribution < 1.29 is 38.2 Å². The van der Waals surface area contributed by atoms with Crippen LogP contribution in [0.5, 0.6) is 0 Å². The number of esters is 3. The summed E-state index contributed by atoms with van der Waals surface area (Å²) in [6.45, 7) is 8.46. The minimum absolute atomic E-state index is 0.334. The fourth-order valence-electron chi connectivity index (χ4n) is 4.51. The van der Waals surface area contributed by atoms with Gasteiger partial charge in [0.2, 0.25) is 5.91 Å². The van der Waals surface area contributed by atoms with Crippen LogP contribution < -0.4 is 5.32 Å². The van der Waals surface area contributed by atoms with Gasteiger partial charge in [-0.3, -0.25) is 19.2 Å². The molecular weight excluding hydrogens is 540 g/mol. The number of amides is 2. The minimum atomic E-state index is -1.19. The van der Waals surface area contributed by atoms with Crippen LogP contribution in [0.15, 0.2) is 60.7 Å². The summed E-state index contributed by atoms with van der Waals surface area (Å²) in [4.78, 5) is 67.7. The second-order valence-corrected chi connectivity index (χ2v) is 11.1. The Kier molecular flexibility index (Phi) is 11.2. The quantitative estimate of drug-likeness (QED) is 0.426. The lowest BCUT2D eigenvalue weighted by Gasteiger charge is -2.31. The van der Waals surface area contributed by atoms with Gasteiger partial charge in [-0.25, -0.2) is 4.79 Å². The molecule has 0 saturated carbocycles. The van der Waals surface area contributed by atoms with E-state index < -0.39 is 66.0 Å². The minimum Gasteiger partial charge on any atom is -0.457 e. The van der Waals surface area contributed by atoms with E-state index in [9.17, 15) is 24.0 Å². The second-order valence-electron chi connectivity index (χ2n) is 11.1. The average Bonchev–Trinajstić information content (AvgIpc) is 2.96. The number of likely N-dealkylation sites (N-methyl/N-ethyl adjacent to an activating group) is 1. The Morgan fingerprint density at radius 3 is 1.67 bits per heavy atom. The van der Waals surface area contributed by atoms with E-state index in [-0.39, 0.29) is 18.8 Å². The van der Waals surface area contributed by atoms with Crippen LogP contribution >= 0.6 is 0 Å². The topological polar surface area (TPSA) is 128 Å². The van der Waals surface area contributed by atoms with Gasteiger partial charge < -0.3 is 24.4 Å². The molecule has 10 nitrogen and oxygen atoms in total. The molecule has 0 aliphatic carbocycles. The maximum Gasteiger partial charge on any atom is 0.329 e. The predicted octanol–water partition coefficient (Wildman–Crippen LogP) is 3.90. The molecule has 2 aromatic rings. The number of carbonyl (C=O) groups is 5. The summed E-state index contributed by atoms with van der Waals surface area (Å²) >= 11 is 0. The molecule has 0 unspecified atom stereocenters. The van der Waals surface area contributed by atoms with Gasteiger partial charge in [-0.05, 0) is 29.9 Å². The molecule has 1 saturated heterocycles. The van der Waals surface area contributed by atoms with Crippen LogP contribution in [0.2, 0.25) is 0 Å². The highest BCUT2D eigenvalue weighted by Gasteiger charge is 2.37. The number of hydrogen-bond acceptors (Lipinski definition) is 8. The Morgan fingerprint density at radius 2 is 1.19 bits per heavy atom. The van der Waals surface area contributed by atoms with Gasteiger partial charge >= 0.3 is 17.9 Å². The molecule has 0 aromatic heterocycles. The van der Waals surface area contributed by atoms with Crippen LogP contribution in [0, 0.1) is 11.8 Å². The van der Waals surface area contributed by atoms with E-state index in [1.54, 1.807) is 88.4 Å². The molecule has 1 aliphatic heterocycles. The average molecular weight is 581 g/mol. The molecule has 2 aromatic carbocycles. The van der Waals surface area contributed by atoms with Crippen molar-refractivity contribution in [3.8, 4) is 0 Å². The van der Waals surface area contributed by atoms with Gasteiger partial charge in [0.25, 0.3) is 5.91 Å². The first-order valence-electron chi connectivity index (χ1n) is 14.1. The number of nitrogens with zero attached hydrogens (tertiary/aromatic N) is 1. The number of ether oxygens (including phenoxy) is 3. The van der Waals surface area contributed by atoms with Gasteiger partial charge in [0, 0.05) is 7.05 Å². The van der Waals surface area contributed by atoms with E-state index in [0.29, 0.717) is 11.1 Å². The SMILES string of the molecule is CC(C)[C@@H]1NC(=O)[C@H](C)N(C)C(=O)[C@H](C(C)C)OC(=O)C[C@@H](c2ccccc2)OC(=O)C[C@@H](c2ccccc2)OC1=O. The van der Waals surface area contributed by atoms with Crippen LogP contribution in [0.25, 0.3) is 0 Å². The van der Waals surface area contributed by atoms with Gasteiger partial charge in [0.05, 0.1) is 12.8 Å². The van der Waals surface area contributed by atoms with Crippen molar-refractivity contribution in [2.75, 3.05) is 7.05 Å². The van der Waals surface area contributed by atoms with Crippen molar-refractivity contribution in [1.82, 2.24) is 10.2 Å². The zero-order valence-corrected chi connectivity index (χ0v) is 24.9. The fraction of sp³-hybridized carbons (Fsp3) is 0.469. The third-order valence-electron chi connectivity index (χ3n) is 7.21. The molecule has 42 heavy (non-hydrogen) atoms. The predicted molar refractivity (Wildman–Crippen MR) is 154 cm³/mol. The van der Waals surface area contributed by atoms with Crippen molar-refractivity contribution in [2.24, 2.45) is 11.8 Å². The number of nitrogens with one attached hydrogen (secondary N) is 1. The molecule has 1 aliphatic rings. The first kappa shape index (κ1) is 32.3. The second kappa shape index (κ2) is 14.6. The third-order valence-corrected chi connectivity index (χ3v) is 7.21. The number of rotatable bonds is 4. The monoisotopic (exact) mass is 580 g/mol. The highest BCUT2D eigenvalue weighted by atomic mass is 16.6.